The third kappa shape index (κ3) is 6.09. The molecule has 0 bridgehead atoms. The van der Waals surface area contributed by atoms with Crippen LogP contribution in [0.5, 0.6) is 0 Å². The van der Waals surface area contributed by atoms with Gasteiger partial charge >= 0.3 is 12.1 Å². The van der Waals surface area contributed by atoms with Crippen molar-refractivity contribution in [2.24, 2.45) is 5.92 Å². The molecule has 0 radical (unpaired) electrons. The van der Waals surface area contributed by atoms with Gasteiger partial charge in [0.2, 0.25) is 0 Å². The van der Waals surface area contributed by atoms with Crippen LogP contribution in [0.4, 0.5) is 14.6 Å². The number of nitrogens with zero attached hydrogens (tertiary/aromatic N) is 1. The zero-order chi connectivity index (χ0) is 16.9. The molecular formula is C16H26N4O2S. The van der Waals surface area contributed by atoms with Crippen LogP contribution in [0.15, 0.2) is 17.5 Å². The number of urea groups is 2. The number of anilines is 1. The second-order valence-electron chi connectivity index (χ2n) is 6.92. The van der Waals surface area contributed by atoms with Crippen LogP contribution < -0.4 is 16.0 Å². The van der Waals surface area contributed by atoms with Crippen molar-refractivity contribution in [1.82, 2.24) is 15.5 Å². The number of piperidine rings is 1. The van der Waals surface area contributed by atoms with Gasteiger partial charge in [-0.05, 0) is 57.0 Å². The largest absolute Gasteiger partial charge is 0.338 e. The van der Waals surface area contributed by atoms with Gasteiger partial charge in [0.1, 0.15) is 0 Å². The molecule has 1 aromatic heterocycles. The average Bonchev–Trinajstić information content (AvgIpc) is 2.97. The molecular weight excluding hydrogens is 312 g/mol. The molecule has 23 heavy (non-hydrogen) atoms. The molecule has 3 N–H and O–H groups in total. The normalized spacial score (nSPS) is 16.0. The summed E-state index contributed by atoms with van der Waals surface area (Å²) in [7, 11) is 0. The van der Waals surface area contributed by atoms with Crippen LogP contribution in [0.3, 0.4) is 0 Å². The smallest absolute Gasteiger partial charge is 0.319 e. The minimum atomic E-state index is -0.213. The molecule has 0 aromatic carbocycles. The minimum Gasteiger partial charge on any atom is -0.338 e. The topological polar surface area (TPSA) is 73.5 Å². The van der Waals surface area contributed by atoms with E-state index in [-0.39, 0.29) is 17.6 Å². The first-order chi connectivity index (χ1) is 10.8. The second-order valence-corrected chi connectivity index (χ2v) is 7.87. The van der Waals surface area contributed by atoms with Crippen LogP contribution in [0.2, 0.25) is 0 Å². The van der Waals surface area contributed by atoms with Crippen LogP contribution in [0.1, 0.15) is 33.6 Å². The van der Waals surface area contributed by atoms with Gasteiger partial charge in [0.25, 0.3) is 0 Å². The molecule has 1 aliphatic heterocycles. The second kappa shape index (κ2) is 7.68. The molecule has 0 aliphatic carbocycles. The summed E-state index contributed by atoms with van der Waals surface area (Å²) in [6.45, 7) is 8.06. The van der Waals surface area contributed by atoms with Crippen LogP contribution in [-0.4, -0.2) is 42.1 Å². The molecule has 0 unspecified atom stereocenters. The number of rotatable bonds is 3. The first-order valence-electron chi connectivity index (χ1n) is 7.99. The van der Waals surface area contributed by atoms with Crippen LogP contribution >= 0.6 is 11.3 Å². The van der Waals surface area contributed by atoms with Crippen molar-refractivity contribution in [2.45, 2.75) is 39.2 Å². The van der Waals surface area contributed by atoms with Crippen molar-refractivity contribution in [1.29, 1.82) is 0 Å². The number of hydrogen-bond donors (Lipinski definition) is 3. The van der Waals surface area contributed by atoms with E-state index in [9.17, 15) is 9.59 Å². The lowest BCUT2D eigenvalue weighted by molar-refractivity contribution is 0.162. The van der Waals surface area contributed by atoms with Gasteiger partial charge in [-0.3, -0.25) is 5.32 Å². The Balaban J connectivity index is 1.66. The fourth-order valence-corrected chi connectivity index (χ4v) is 3.10. The fourth-order valence-electron chi connectivity index (χ4n) is 2.48. The Morgan fingerprint density at radius 2 is 2.00 bits per heavy atom. The highest BCUT2D eigenvalue weighted by atomic mass is 32.1. The molecule has 128 valence electrons. The molecule has 2 heterocycles. The molecule has 2 rings (SSSR count). The zero-order valence-electron chi connectivity index (χ0n) is 14.0. The van der Waals surface area contributed by atoms with E-state index in [0.717, 1.165) is 30.9 Å². The summed E-state index contributed by atoms with van der Waals surface area (Å²) in [5, 5.41) is 11.5. The van der Waals surface area contributed by atoms with Gasteiger partial charge in [-0.25, -0.2) is 9.59 Å². The lowest BCUT2D eigenvalue weighted by Crippen LogP contribution is -2.51. The Bertz CT molecular complexity index is 517. The Labute approximate surface area is 141 Å². The SMILES string of the molecule is CC(C)(C)NC(=O)N1CCC(CNC(=O)Nc2cccs2)CC1. The number of thiophene rings is 1. The van der Waals surface area contributed by atoms with E-state index in [4.69, 9.17) is 0 Å². The molecule has 1 aliphatic rings. The highest BCUT2D eigenvalue weighted by Crippen LogP contribution is 2.18. The van der Waals surface area contributed by atoms with Crippen molar-refractivity contribution < 1.29 is 9.59 Å². The number of hydrogen-bond acceptors (Lipinski definition) is 3. The van der Waals surface area contributed by atoms with Crippen LogP contribution in [-0.2, 0) is 0 Å². The highest BCUT2D eigenvalue weighted by Gasteiger charge is 2.25. The first-order valence-corrected chi connectivity index (χ1v) is 8.87. The van der Waals surface area contributed by atoms with Crippen molar-refractivity contribution in [3.05, 3.63) is 17.5 Å². The van der Waals surface area contributed by atoms with E-state index >= 15 is 0 Å². The van der Waals surface area contributed by atoms with E-state index in [0.29, 0.717) is 12.5 Å². The van der Waals surface area contributed by atoms with E-state index in [1.807, 2.05) is 43.2 Å². The van der Waals surface area contributed by atoms with Crippen LogP contribution in [0, 0.1) is 5.92 Å². The molecule has 6 nitrogen and oxygen atoms in total. The number of carbonyl (C=O) groups excluding carboxylic acids is 2. The molecule has 1 aromatic rings. The summed E-state index contributed by atoms with van der Waals surface area (Å²) < 4.78 is 0. The Hall–Kier alpha value is -1.76. The van der Waals surface area contributed by atoms with E-state index < -0.39 is 0 Å². The predicted octanol–water partition coefficient (Wildman–Crippen LogP) is 3.09. The fraction of sp³-hybridized carbons (Fsp3) is 0.625. The Morgan fingerprint density at radius 1 is 1.30 bits per heavy atom. The maximum atomic E-state index is 12.1. The summed E-state index contributed by atoms with van der Waals surface area (Å²) in [5.41, 5.74) is -0.213. The van der Waals surface area contributed by atoms with E-state index in [2.05, 4.69) is 16.0 Å². The van der Waals surface area contributed by atoms with Crippen molar-refractivity contribution >= 4 is 28.4 Å². The standard InChI is InChI=1S/C16H26N4O2S/c1-16(2,3)19-15(22)20-8-6-12(7-9-20)11-17-14(21)18-13-5-4-10-23-13/h4-5,10,12H,6-9,11H2,1-3H3,(H,19,22)(H2,17,18,21). The van der Waals surface area contributed by atoms with Gasteiger partial charge in [0.15, 0.2) is 0 Å². The van der Waals surface area contributed by atoms with Gasteiger partial charge < -0.3 is 15.5 Å². The Kier molecular flexibility index (Phi) is 5.87. The van der Waals surface area contributed by atoms with Crippen LogP contribution in [0.25, 0.3) is 0 Å². The minimum absolute atomic E-state index is 0.000604. The lowest BCUT2D eigenvalue weighted by Gasteiger charge is -2.34. The summed E-state index contributed by atoms with van der Waals surface area (Å²) in [5.74, 6) is 0.419. The number of amides is 4. The molecule has 7 heteroatoms. The summed E-state index contributed by atoms with van der Waals surface area (Å²) >= 11 is 1.50. The molecule has 1 fully saturated rings. The Morgan fingerprint density at radius 3 is 2.57 bits per heavy atom. The molecule has 1 saturated heterocycles. The third-order valence-electron chi connectivity index (χ3n) is 3.69. The quantitative estimate of drug-likeness (QED) is 0.792. The number of nitrogens with one attached hydrogen (secondary N) is 3. The average molecular weight is 338 g/mol. The van der Waals surface area contributed by atoms with Crippen molar-refractivity contribution in [2.75, 3.05) is 25.0 Å². The lowest BCUT2D eigenvalue weighted by atomic mass is 9.97. The molecule has 0 atom stereocenters. The molecule has 4 amide bonds. The van der Waals surface area contributed by atoms with Gasteiger partial charge in [-0.2, -0.15) is 0 Å². The van der Waals surface area contributed by atoms with Gasteiger partial charge in [-0.15, -0.1) is 11.3 Å². The zero-order valence-corrected chi connectivity index (χ0v) is 14.8. The van der Waals surface area contributed by atoms with Gasteiger partial charge in [0, 0.05) is 25.2 Å². The van der Waals surface area contributed by atoms with Crippen molar-refractivity contribution in [3.8, 4) is 0 Å². The maximum absolute atomic E-state index is 12.1. The third-order valence-corrected chi connectivity index (χ3v) is 4.48. The molecule has 0 spiro atoms. The predicted molar refractivity (Wildman–Crippen MR) is 93.9 cm³/mol. The monoisotopic (exact) mass is 338 g/mol. The summed E-state index contributed by atoms with van der Waals surface area (Å²) in [4.78, 5) is 25.7. The van der Waals surface area contributed by atoms with Gasteiger partial charge in [0.05, 0.1) is 5.00 Å². The highest BCUT2D eigenvalue weighted by molar-refractivity contribution is 7.14. The summed E-state index contributed by atoms with van der Waals surface area (Å²) in [6.07, 6.45) is 1.83. The van der Waals surface area contributed by atoms with E-state index in [1.54, 1.807) is 0 Å². The van der Waals surface area contributed by atoms with E-state index in [1.165, 1.54) is 11.3 Å². The first kappa shape index (κ1) is 17.6. The summed E-state index contributed by atoms with van der Waals surface area (Å²) in [6, 6.07) is 3.61. The maximum Gasteiger partial charge on any atom is 0.319 e. The number of carbonyl (C=O) groups is 2. The number of likely N-dealkylation sites (tertiary alicyclic amines) is 1. The molecule has 0 saturated carbocycles. The van der Waals surface area contributed by atoms with Gasteiger partial charge in [-0.1, -0.05) is 0 Å². The van der Waals surface area contributed by atoms with Crippen molar-refractivity contribution in [3.63, 3.8) is 0 Å².